The number of carbonyl (C=O) groups excluding carboxylic acids is 1. The van der Waals surface area contributed by atoms with E-state index in [0.29, 0.717) is 12.6 Å². The molecule has 19 heavy (non-hydrogen) atoms. The van der Waals surface area contributed by atoms with Crippen LogP contribution in [0.25, 0.3) is 0 Å². The number of nitrogens with zero attached hydrogens (tertiary/aromatic N) is 1. The van der Waals surface area contributed by atoms with Crippen LogP contribution in [0, 0.1) is 0 Å². The second-order valence-electron chi connectivity index (χ2n) is 6.43. The van der Waals surface area contributed by atoms with Crippen LogP contribution < -0.4 is 10.6 Å². The van der Waals surface area contributed by atoms with Gasteiger partial charge in [-0.1, -0.05) is 13.3 Å². The molecular weight excluding hydrogens is 238 g/mol. The molecule has 1 fully saturated rings. The number of amides is 1. The molecule has 2 N–H and O–H groups in total. The summed E-state index contributed by atoms with van der Waals surface area (Å²) in [6.45, 7) is 12.2. The molecular formula is C15H31N3O. The van der Waals surface area contributed by atoms with Gasteiger partial charge in [-0.3, -0.25) is 4.79 Å². The van der Waals surface area contributed by atoms with Crippen molar-refractivity contribution in [2.75, 3.05) is 26.2 Å². The van der Waals surface area contributed by atoms with E-state index in [0.717, 1.165) is 13.0 Å². The number of nitrogens with one attached hydrogen (secondary N) is 2. The van der Waals surface area contributed by atoms with Gasteiger partial charge in [0.1, 0.15) is 0 Å². The van der Waals surface area contributed by atoms with Gasteiger partial charge in [-0.2, -0.15) is 0 Å². The lowest BCUT2D eigenvalue weighted by atomic mass is 10.0. The second-order valence-corrected chi connectivity index (χ2v) is 6.43. The molecule has 1 amide bonds. The molecule has 0 aliphatic carbocycles. The Bertz CT molecular complexity index is 273. The molecule has 1 heterocycles. The zero-order valence-corrected chi connectivity index (χ0v) is 13.1. The van der Waals surface area contributed by atoms with E-state index in [1.807, 2.05) is 0 Å². The summed E-state index contributed by atoms with van der Waals surface area (Å²) in [7, 11) is 0. The number of carbonyl (C=O) groups is 1. The third-order valence-corrected chi connectivity index (χ3v) is 3.95. The van der Waals surface area contributed by atoms with Crippen LogP contribution in [0.2, 0.25) is 0 Å². The first-order valence-corrected chi connectivity index (χ1v) is 7.69. The van der Waals surface area contributed by atoms with Crippen LogP contribution in [0.15, 0.2) is 0 Å². The summed E-state index contributed by atoms with van der Waals surface area (Å²) in [4.78, 5) is 14.3. The molecule has 1 atom stereocenters. The van der Waals surface area contributed by atoms with Crippen molar-refractivity contribution >= 4 is 5.91 Å². The number of rotatable bonds is 7. The van der Waals surface area contributed by atoms with Gasteiger partial charge in [0.25, 0.3) is 0 Å². The Hall–Kier alpha value is -0.610. The Labute approximate surface area is 118 Å². The topological polar surface area (TPSA) is 44.4 Å². The minimum Gasteiger partial charge on any atom is -0.350 e. The Morgan fingerprint density at radius 1 is 1.26 bits per heavy atom. The van der Waals surface area contributed by atoms with Crippen molar-refractivity contribution in [3.05, 3.63) is 0 Å². The lowest BCUT2D eigenvalue weighted by molar-refractivity contribution is -0.122. The maximum atomic E-state index is 11.8. The molecule has 0 spiro atoms. The van der Waals surface area contributed by atoms with Gasteiger partial charge in [-0.15, -0.1) is 0 Å². The molecule has 112 valence electrons. The quantitative estimate of drug-likeness (QED) is 0.740. The van der Waals surface area contributed by atoms with Gasteiger partial charge in [0.2, 0.25) is 5.91 Å². The summed E-state index contributed by atoms with van der Waals surface area (Å²) in [5.41, 5.74) is -0.102. The summed E-state index contributed by atoms with van der Waals surface area (Å²) < 4.78 is 0. The molecule has 0 saturated carbocycles. The van der Waals surface area contributed by atoms with E-state index < -0.39 is 0 Å². The van der Waals surface area contributed by atoms with E-state index in [9.17, 15) is 4.79 Å². The lowest BCUT2D eigenvalue weighted by Crippen LogP contribution is -2.49. The average molecular weight is 269 g/mol. The van der Waals surface area contributed by atoms with E-state index in [1.54, 1.807) is 0 Å². The van der Waals surface area contributed by atoms with Crippen LogP contribution in [-0.2, 0) is 4.79 Å². The number of piperidine rings is 1. The van der Waals surface area contributed by atoms with Crippen molar-refractivity contribution in [3.8, 4) is 0 Å². The van der Waals surface area contributed by atoms with Gasteiger partial charge in [-0.05, 0) is 53.1 Å². The summed E-state index contributed by atoms with van der Waals surface area (Å²) >= 11 is 0. The Kier molecular flexibility index (Phi) is 6.80. The van der Waals surface area contributed by atoms with Crippen molar-refractivity contribution in [1.82, 2.24) is 15.5 Å². The first-order chi connectivity index (χ1) is 8.93. The zero-order valence-electron chi connectivity index (χ0n) is 13.1. The van der Waals surface area contributed by atoms with Gasteiger partial charge < -0.3 is 15.5 Å². The first kappa shape index (κ1) is 16.4. The SMILES string of the molecule is CCC(C)(C)NC(=O)CNC(C)CN1CCCCC1. The molecule has 1 unspecified atom stereocenters. The van der Waals surface area contributed by atoms with E-state index in [2.05, 4.69) is 43.2 Å². The van der Waals surface area contributed by atoms with Crippen LogP contribution in [0.4, 0.5) is 0 Å². The van der Waals surface area contributed by atoms with Gasteiger partial charge in [-0.25, -0.2) is 0 Å². The van der Waals surface area contributed by atoms with Crippen LogP contribution >= 0.6 is 0 Å². The molecule has 0 radical (unpaired) electrons. The monoisotopic (exact) mass is 269 g/mol. The van der Waals surface area contributed by atoms with Gasteiger partial charge in [0.15, 0.2) is 0 Å². The maximum Gasteiger partial charge on any atom is 0.234 e. The minimum atomic E-state index is -0.102. The molecule has 4 nitrogen and oxygen atoms in total. The Morgan fingerprint density at radius 3 is 2.47 bits per heavy atom. The van der Waals surface area contributed by atoms with Gasteiger partial charge in [0.05, 0.1) is 6.54 Å². The molecule has 4 heteroatoms. The Morgan fingerprint density at radius 2 is 1.89 bits per heavy atom. The van der Waals surface area contributed by atoms with Crippen molar-refractivity contribution in [2.45, 2.75) is 65.0 Å². The normalized spacial score (nSPS) is 19.2. The number of hydrogen-bond acceptors (Lipinski definition) is 3. The highest BCUT2D eigenvalue weighted by Crippen LogP contribution is 2.09. The molecule has 1 aliphatic rings. The fourth-order valence-electron chi connectivity index (χ4n) is 2.37. The van der Waals surface area contributed by atoms with Crippen molar-refractivity contribution in [2.24, 2.45) is 0 Å². The van der Waals surface area contributed by atoms with E-state index in [1.165, 1.54) is 32.4 Å². The fourth-order valence-corrected chi connectivity index (χ4v) is 2.37. The van der Waals surface area contributed by atoms with E-state index >= 15 is 0 Å². The molecule has 0 bridgehead atoms. The predicted octanol–water partition coefficient (Wildman–Crippen LogP) is 1.76. The van der Waals surface area contributed by atoms with Crippen LogP contribution in [0.3, 0.4) is 0 Å². The fraction of sp³-hybridized carbons (Fsp3) is 0.933. The van der Waals surface area contributed by atoms with Crippen molar-refractivity contribution < 1.29 is 4.79 Å². The van der Waals surface area contributed by atoms with E-state index in [-0.39, 0.29) is 11.4 Å². The molecule has 0 aromatic carbocycles. The van der Waals surface area contributed by atoms with Gasteiger partial charge in [0, 0.05) is 18.1 Å². The van der Waals surface area contributed by atoms with Gasteiger partial charge >= 0.3 is 0 Å². The highest BCUT2D eigenvalue weighted by atomic mass is 16.2. The average Bonchev–Trinajstić information content (AvgIpc) is 2.37. The maximum absolute atomic E-state index is 11.8. The third kappa shape index (κ3) is 6.92. The molecule has 0 aromatic rings. The highest BCUT2D eigenvalue weighted by molar-refractivity contribution is 5.78. The molecule has 1 aliphatic heterocycles. The molecule has 0 aromatic heterocycles. The summed E-state index contributed by atoms with van der Waals surface area (Å²) in [5.74, 6) is 0.0948. The zero-order chi connectivity index (χ0) is 14.3. The largest absolute Gasteiger partial charge is 0.350 e. The van der Waals surface area contributed by atoms with Crippen molar-refractivity contribution in [3.63, 3.8) is 0 Å². The Balaban J connectivity index is 2.18. The van der Waals surface area contributed by atoms with Crippen molar-refractivity contribution in [1.29, 1.82) is 0 Å². The van der Waals surface area contributed by atoms with E-state index in [4.69, 9.17) is 0 Å². The minimum absolute atomic E-state index is 0.0948. The first-order valence-electron chi connectivity index (χ1n) is 7.69. The number of hydrogen-bond donors (Lipinski definition) is 2. The van der Waals surface area contributed by atoms with Crippen LogP contribution in [0.5, 0.6) is 0 Å². The third-order valence-electron chi connectivity index (χ3n) is 3.95. The lowest BCUT2D eigenvalue weighted by Gasteiger charge is -2.30. The standard InChI is InChI=1S/C15H31N3O/c1-5-15(3,4)17-14(19)11-16-13(2)12-18-9-7-6-8-10-18/h13,16H,5-12H2,1-4H3,(H,17,19). The molecule has 1 saturated heterocycles. The smallest absolute Gasteiger partial charge is 0.234 e. The summed E-state index contributed by atoms with van der Waals surface area (Å²) in [6.07, 6.45) is 4.95. The highest BCUT2D eigenvalue weighted by Gasteiger charge is 2.18. The number of likely N-dealkylation sites (tertiary alicyclic amines) is 1. The van der Waals surface area contributed by atoms with Crippen LogP contribution in [0.1, 0.15) is 53.4 Å². The summed E-state index contributed by atoms with van der Waals surface area (Å²) in [6, 6.07) is 0.369. The summed E-state index contributed by atoms with van der Waals surface area (Å²) in [5, 5.41) is 6.37. The predicted molar refractivity (Wildman–Crippen MR) is 80.3 cm³/mol. The molecule has 1 rings (SSSR count). The second kappa shape index (κ2) is 7.85. The van der Waals surface area contributed by atoms with Crippen LogP contribution in [-0.4, -0.2) is 48.6 Å².